The van der Waals surface area contributed by atoms with Crippen LogP contribution in [0.1, 0.15) is 99.4 Å². The third-order valence-corrected chi connectivity index (χ3v) is 10.0. The van der Waals surface area contributed by atoms with Crippen LogP contribution < -0.4 is 9.47 Å². The number of carbonyl (C=O) groups is 5. The maximum atomic E-state index is 13.7. The van der Waals surface area contributed by atoms with Crippen molar-refractivity contribution in [3.8, 4) is 23.3 Å². The molecule has 0 atom stereocenters. The van der Waals surface area contributed by atoms with Crippen molar-refractivity contribution in [1.29, 1.82) is 0 Å². The average Bonchev–Trinajstić information content (AvgIpc) is 3.25. The number of unbranched alkanes of at least 4 members (excludes halogenated alkanes) is 4. The van der Waals surface area contributed by atoms with Gasteiger partial charge in [0.2, 0.25) is 0 Å². The highest BCUT2D eigenvalue weighted by molar-refractivity contribution is 6.32. The van der Waals surface area contributed by atoms with Crippen molar-refractivity contribution in [3.63, 3.8) is 0 Å². The summed E-state index contributed by atoms with van der Waals surface area (Å²) in [5.41, 5.74) is 0.467. The molecule has 1 saturated carbocycles. The van der Waals surface area contributed by atoms with Crippen LogP contribution in [0.5, 0.6) is 11.5 Å². The molecule has 1 fully saturated rings. The van der Waals surface area contributed by atoms with E-state index < -0.39 is 78.7 Å². The zero-order valence-electron chi connectivity index (χ0n) is 34.8. The molecule has 0 aromatic heterocycles. The van der Waals surface area contributed by atoms with Gasteiger partial charge >= 0.3 is 53.8 Å². The summed E-state index contributed by atoms with van der Waals surface area (Å²) in [7, 11) is 0. The lowest BCUT2D eigenvalue weighted by atomic mass is 9.87. The molecule has 3 rings (SSSR count). The highest BCUT2D eigenvalue weighted by Gasteiger charge is 2.81. The van der Waals surface area contributed by atoms with Crippen molar-refractivity contribution in [3.05, 3.63) is 71.3 Å². The molecule has 1 aliphatic rings. The summed E-state index contributed by atoms with van der Waals surface area (Å²) in [6, 6.07) is 9.86. The van der Waals surface area contributed by atoms with Gasteiger partial charge in [0.15, 0.2) is 6.61 Å². The molecule has 21 heteroatoms. The van der Waals surface area contributed by atoms with Crippen molar-refractivity contribution >= 4 is 41.4 Å². The van der Waals surface area contributed by atoms with E-state index in [2.05, 4.69) is 18.4 Å². The van der Waals surface area contributed by atoms with Gasteiger partial charge in [-0.2, -0.15) is 39.5 Å². The number of carbonyl (C=O) groups excluding carboxylic acids is 5. The molecule has 0 amide bonds. The molecular weight excluding hydrogens is 911 g/mol. The first-order chi connectivity index (χ1) is 30.6. The molecule has 2 aromatic rings. The van der Waals surface area contributed by atoms with Gasteiger partial charge in [-0.1, -0.05) is 42.9 Å². The molecule has 2 aromatic carbocycles. The largest absolute Gasteiger partial charge is 0.466 e. The third kappa shape index (κ3) is 17.2. The second-order valence-corrected chi connectivity index (χ2v) is 15.0. The number of alkyl halides is 9. The lowest BCUT2D eigenvalue weighted by Gasteiger charge is -2.33. The van der Waals surface area contributed by atoms with Crippen molar-refractivity contribution in [2.24, 2.45) is 5.92 Å². The van der Waals surface area contributed by atoms with E-state index in [4.69, 9.17) is 40.0 Å². The molecule has 11 nitrogen and oxygen atoms in total. The van der Waals surface area contributed by atoms with E-state index in [1.54, 1.807) is 0 Å². The maximum Gasteiger partial charge on any atom is 0.460 e. The van der Waals surface area contributed by atoms with E-state index in [0.717, 1.165) is 12.5 Å². The molecule has 358 valence electrons. The Morgan fingerprint density at radius 1 is 0.692 bits per heavy atom. The SMILES string of the molecule is C=CC(=O)OCCC(=O)OCCCCCCC(=O)OCC#Cc1ccc(C(=O)Oc2ccc(OC(=O)C3CCC(OCCCCC(F)(F)C(F)(F)C(F)(F)C(F)(F)F)CC3)cc2)cc1Cl. The third-order valence-electron chi connectivity index (χ3n) is 9.70. The van der Waals surface area contributed by atoms with Crippen LogP contribution in [-0.4, -0.2) is 86.3 Å². The van der Waals surface area contributed by atoms with E-state index in [-0.39, 0.29) is 67.8 Å². The molecule has 0 aliphatic heterocycles. The second kappa shape index (κ2) is 25.4. The molecule has 0 N–H and O–H groups in total. The number of hydrogen-bond donors (Lipinski definition) is 0. The van der Waals surface area contributed by atoms with Crippen LogP contribution in [0.3, 0.4) is 0 Å². The molecule has 0 heterocycles. The molecule has 65 heavy (non-hydrogen) atoms. The Hall–Kier alpha value is -5.29. The van der Waals surface area contributed by atoms with Crippen LogP contribution >= 0.6 is 11.6 Å². The molecule has 0 saturated heterocycles. The fraction of sp³-hybridized carbons (Fsp3) is 0.523. The van der Waals surface area contributed by atoms with Gasteiger partial charge in [-0.3, -0.25) is 14.4 Å². The van der Waals surface area contributed by atoms with Gasteiger partial charge in [0.05, 0.1) is 35.6 Å². The van der Waals surface area contributed by atoms with Gasteiger partial charge in [-0.25, -0.2) is 9.59 Å². The molecule has 0 unspecified atom stereocenters. The van der Waals surface area contributed by atoms with Gasteiger partial charge in [0.1, 0.15) is 18.1 Å². The summed E-state index contributed by atoms with van der Waals surface area (Å²) >= 11 is 6.31. The van der Waals surface area contributed by atoms with Crippen molar-refractivity contribution < 1.29 is 91.9 Å². The van der Waals surface area contributed by atoms with Crippen molar-refractivity contribution in [2.45, 2.75) is 114 Å². The van der Waals surface area contributed by atoms with Gasteiger partial charge in [0, 0.05) is 31.1 Å². The number of hydrogen-bond acceptors (Lipinski definition) is 11. The summed E-state index contributed by atoms with van der Waals surface area (Å²) < 4.78 is 148. The minimum absolute atomic E-state index is 0.0553. The zero-order chi connectivity index (χ0) is 48.3. The Kier molecular flexibility index (Phi) is 21.1. The Bertz CT molecular complexity index is 1990. The standard InChI is InChI=1S/C44H46ClF9O11/c1-2-36(55)63-27-22-38(57)61-25-7-4-3-5-11-37(56)62-26-9-10-29-12-13-31(28-35(29)45)40(59)65-34-20-18-33(19-21-34)64-39(58)30-14-16-32(17-15-30)60-24-8-6-23-41(46,47)42(48,49)43(50,51)44(52,53)54/h2,12-13,18-21,28,30,32H,1,3-8,11,14-17,22-27H2. The van der Waals surface area contributed by atoms with Crippen LogP contribution in [0.2, 0.25) is 5.02 Å². The number of esters is 5. The van der Waals surface area contributed by atoms with Crippen LogP contribution in [0.25, 0.3) is 0 Å². The van der Waals surface area contributed by atoms with E-state index in [1.165, 1.54) is 42.5 Å². The number of benzene rings is 2. The quantitative estimate of drug-likeness (QED) is 0.0189. The highest BCUT2D eigenvalue weighted by atomic mass is 35.5. The normalized spacial score (nSPS) is 15.5. The highest BCUT2D eigenvalue weighted by Crippen LogP contribution is 2.54. The predicted octanol–water partition coefficient (Wildman–Crippen LogP) is 10.2. The van der Waals surface area contributed by atoms with E-state index in [1.807, 2.05) is 0 Å². The molecule has 1 aliphatic carbocycles. The smallest absolute Gasteiger partial charge is 0.460 e. The van der Waals surface area contributed by atoms with Gasteiger partial charge in [-0.15, -0.1) is 0 Å². The molecule has 0 radical (unpaired) electrons. The van der Waals surface area contributed by atoms with Gasteiger partial charge in [0.25, 0.3) is 0 Å². The first-order valence-corrected chi connectivity index (χ1v) is 20.7. The fourth-order valence-corrected chi connectivity index (χ4v) is 6.24. The monoisotopic (exact) mass is 956 g/mol. The predicted molar refractivity (Wildman–Crippen MR) is 213 cm³/mol. The van der Waals surface area contributed by atoms with Crippen molar-refractivity contribution in [2.75, 3.05) is 26.4 Å². The fourth-order valence-electron chi connectivity index (χ4n) is 6.01. The minimum atomic E-state index is -6.92. The summed E-state index contributed by atoms with van der Waals surface area (Å²) in [6.07, 6.45) is -5.34. The lowest BCUT2D eigenvalue weighted by molar-refractivity contribution is -0.396. The summed E-state index contributed by atoms with van der Waals surface area (Å²) in [5.74, 6) is -16.9. The number of ether oxygens (including phenoxy) is 6. The summed E-state index contributed by atoms with van der Waals surface area (Å²) in [4.78, 5) is 60.1. The first kappa shape index (κ1) is 54.0. The maximum absolute atomic E-state index is 13.7. The Morgan fingerprint density at radius 3 is 1.94 bits per heavy atom. The minimum Gasteiger partial charge on any atom is -0.466 e. The van der Waals surface area contributed by atoms with Crippen LogP contribution in [0.4, 0.5) is 39.5 Å². The molecular formula is C44H46ClF9O11. The Balaban J connectivity index is 1.30. The second-order valence-electron chi connectivity index (χ2n) is 14.6. The Morgan fingerprint density at radius 2 is 1.31 bits per heavy atom. The van der Waals surface area contributed by atoms with E-state index in [0.29, 0.717) is 50.5 Å². The summed E-state index contributed by atoms with van der Waals surface area (Å²) in [6.45, 7) is 2.93. The van der Waals surface area contributed by atoms with E-state index in [9.17, 15) is 63.5 Å². The lowest BCUT2D eigenvalue weighted by Crippen LogP contribution is -2.60. The average molecular weight is 957 g/mol. The molecule has 0 bridgehead atoms. The first-order valence-electron chi connectivity index (χ1n) is 20.3. The Labute approximate surface area is 373 Å². The van der Waals surface area contributed by atoms with Crippen LogP contribution in [0, 0.1) is 17.8 Å². The summed E-state index contributed by atoms with van der Waals surface area (Å²) in [5, 5.41) is 0.137. The molecule has 0 spiro atoms. The van der Waals surface area contributed by atoms with E-state index >= 15 is 0 Å². The van der Waals surface area contributed by atoms with Crippen molar-refractivity contribution in [1.82, 2.24) is 0 Å². The van der Waals surface area contributed by atoms with Crippen LogP contribution in [-0.2, 0) is 38.1 Å². The van der Waals surface area contributed by atoms with Gasteiger partial charge < -0.3 is 28.4 Å². The zero-order valence-corrected chi connectivity index (χ0v) is 35.5. The number of halogens is 10. The van der Waals surface area contributed by atoms with Crippen LogP contribution in [0.15, 0.2) is 55.1 Å². The topological polar surface area (TPSA) is 141 Å². The number of rotatable bonds is 24. The van der Waals surface area contributed by atoms with Gasteiger partial charge in [-0.05, 0) is 93.8 Å².